The molecule has 0 radical (unpaired) electrons. The van der Waals surface area contributed by atoms with Gasteiger partial charge in [0.05, 0.1) is 0 Å². The molecule has 0 saturated carbocycles. The molecular formula is C10H9F6NO. The fourth-order valence-corrected chi connectivity index (χ4v) is 1.48. The number of hydrogen-bond acceptors (Lipinski definition) is 2. The van der Waals surface area contributed by atoms with Gasteiger partial charge in [-0.25, -0.2) is 5.48 Å². The Morgan fingerprint density at radius 2 is 1.39 bits per heavy atom. The molecule has 0 unspecified atom stereocenters. The first-order valence-electron chi connectivity index (χ1n) is 4.75. The second-order valence-corrected chi connectivity index (χ2v) is 3.59. The van der Waals surface area contributed by atoms with Crippen LogP contribution in [-0.2, 0) is 6.54 Å². The number of hydrogen-bond donors (Lipinski definition) is 2. The van der Waals surface area contributed by atoms with Gasteiger partial charge in [0, 0.05) is 6.54 Å². The minimum Gasteiger partial charge on any atom is -0.316 e. The lowest BCUT2D eigenvalue weighted by atomic mass is 9.97. The van der Waals surface area contributed by atoms with E-state index in [0.717, 1.165) is 24.3 Å². The van der Waals surface area contributed by atoms with Crippen molar-refractivity contribution >= 4 is 0 Å². The molecule has 1 aromatic carbocycles. The average Bonchev–Trinajstić information content (AvgIpc) is 2.17. The zero-order valence-electron chi connectivity index (χ0n) is 8.81. The summed E-state index contributed by atoms with van der Waals surface area (Å²) < 4.78 is 74.3. The van der Waals surface area contributed by atoms with Crippen molar-refractivity contribution in [2.45, 2.75) is 24.8 Å². The van der Waals surface area contributed by atoms with Gasteiger partial charge < -0.3 is 5.21 Å². The Balaban J connectivity index is 3.08. The van der Waals surface area contributed by atoms with Crippen LogP contribution >= 0.6 is 0 Å². The van der Waals surface area contributed by atoms with Crippen LogP contribution in [0, 0.1) is 0 Å². The van der Waals surface area contributed by atoms with Gasteiger partial charge in [-0.15, -0.1) is 0 Å². The molecule has 0 bridgehead atoms. The predicted octanol–water partition coefficient (Wildman–Crippen LogP) is 3.37. The molecular weight excluding hydrogens is 264 g/mol. The Morgan fingerprint density at radius 3 is 1.72 bits per heavy atom. The molecule has 102 valence electrons. The second-order valence-electron chi connectivity index (χ2n) is 3.59. The first-order chi connectivity index (χ1) is 8.16. The SMILES string of the molecule is ONCc1ccc(C(C(F)(F)F)C(F)(F)F)cc1. The molecule has 2 nitrogen and oxygen atoms in total. The fourth-order valence-electron chi connectivity index (χ4n) is 1.48. The molecule has 1 aromatic rings. The molecule has 0 atom stereocenters. The highest BCUT2D eigenvalue weighted by atomic mass is 19.4. The standard InChI is InChI=1S/C10H9F6NO/c11-9(12,13)8(10(14,15)16)7-3-1-6(2-4-7)5-17-18/h1-4,8,17-18H,5H2. The number of rotatable bonds is 3. The minimum atomic E-state index is -5.39. The summed E-state index contributed by atoms with van der Waals surface area (Å²) in [6, 6.07) is 3.67. The van der Waals surface area contributed by atoms with Crippen LogP contribution in [0.1, 0.15) is 17.0 Å². The van der Waals surface area contributed by atoms with E-state index in [0.29, 0.717) is 5.56 Å². The van der Waals surface area contributed by atoms with E-state index in [1.54, 1.807) is 5.48 Å². The van der Waals surface area contributed by atoms with E-state index in [9.17, 15) is 26.3 Å². The first-order valence-corrected chi connectivity index (χ1v) is 4.75. The molecule has 0 saturated heterocycles. The van der Waals surface area contributed by atoms with Crippen molar-refractivity contribution in [3.8, 4) is 0 Å². The van der Waals surface area contributed by atoms with Gasteiger partial charge in [0.1, 0.15) is 0 Å². The van der Waals surface area contributed by atoms with E-state index in [2.05, 4.69) is 0 Å². The summed E-state index contributed by atoms with van der Waals surface area (Å²) in [5.74, 6) is -3.50. The zero-order valence-corrected chi connectivity index (χ0v) is 8.81. The Morgan fingerprint density at radius 1 is 0.944 bits per heavy atom. The van der Waals surface area contributed by atoms with Crippen molar-refractivity contribution in [2.24, 2.45) is 0 Å². The second kappa shape index (κ2) is 5.15. The Hall–Kier alpha value is -1.28. The van der Waals surface area contributed by atoms with Gasteiger partial charge in [0.15, 0.2) is 5.92 Å². The minimum absolute atomic E-state index is 0.0665. The maximum atomic E-state index is 12.4. The van der Waals surface area contributed by atoms with Crippen LogP contribution in [0.5, 0.6) is 0 Å². The summed E-state index contributed by atoms with van der Waals surface area (Å²) in [5.41, 5.74) is 1.24. The van der Waals surface area contributed by atoms with E-state index in [4.69, 9.17) is 5.21 Å². The summed E-state index contributed by atoms with van der Waals surface area (Å²) in [5, 5.41) is 8.35. The van der Waals surface area contributed by atoms with Gasteiger partial charge >= 0.3 is 12.4 Å². The topological polar surface area (TPSA) is 32.3 Å². The largest absolute Gasteiger partial charge is 0.404 e. The highest BCUT2D eigenvalue weighted by molar-refractivity contribution is 5.27. The summed E-state index contributed by atoms with van der Waals surface area (Å²) >= 11 is 0. The molecule has 0 amide bonds. The van der Waals surface area contributed by atoms with Gasteiger partial charge in [0.2, 0.25) is 0 Å². The van der Waals surface area contributed by atoms with Crippen LogP contribution in [-0.4, -0.2) is 17.6 Å². The van der Waals surface area contributed by atoms with Crippen LogP contribution in [0.2, 0.25) is 0 Å². The van der Waals surface area contributed by atoms with Crippen LogP contribution in [0.15, 0.2) is 24.3 Å². The lowest BCUT2D eigenvalue weighted by Crippen LogP contribution is -2.34. The van der Waals surface area contributed by atoms with Crippen molar-refractivity contribution < 1.29 is 31.5 Å². The van der Waals surface area contributed by atoms with Gasteiger partial charge in [-0.1, -0.05) is 24.3 Å². The smallest absolute Gasteiger partial charge is 0.316 e. The quantitative estimate of drug-likeness (QED) is 0.653. The third-order valence-corrected chi connectivity index (χ3v) is 2.25. The van der Waals surface area contributed by atoms with E-state index < -0.39 is 23.8 Å². The average molecular weight is 273 g/mol. The van der Waals surface area contributed by atoms with E-state index in [1.807, 2.05) is 0 Å². The molecule has 0 spiro atoms. The molecule has 2 N–H and O–H groups in total. The molecule has 18 heavy (non-hydrogen) atoms. The third-order valence-electron chi connectivity index (χ3n) is 2.25. The summed E-state index contributed by atoms with van der Waals surface area (Å²) in [4.78, 5) is 0. The van der Waals surface area contributed by atoms with Crippen molar-refractivity contribution in [3.05, 3.63) is 35.4 Å². The maximum Gasteiger partial charge on any atom is 0.404 e. The summed E-state index contributed by atoms with van der Waals surface area (Å²) in [6.07, 6.45) is -10.8. The number of hydroxylamine groups is 1. The van der Waals surface area contributed by atoms with E-state index in [-0.39, 0.29) is 6.54 Å². The molecule has 0 aliphatic heterocycles. The van der Waals surface area contributed by atoms with Gasteiger partial charge in [0.25, 0.3) is 0 Å². The Labute approximate surface area is 98.2 Å². The molecule has 0 aromatic heterocycles. The van der Waals surface area contributed by atoms with Crippen molar-refractivity contribution in [1.82, 2.24) is 5.48 Å². The number of nitrogens with one attached hydrogen (secondary N) is 1. The highest BCUT2D eigenvalue weighted by Crippen LogP contribution is 2.46. The maximum absolute atomic E-state index is 12.4. The van der Waals surface area contributed by atoms with E-state index in [1.165, 1.54) is 0 Å². The van der Waals surface area contributed by atoms with Crippen LogP contribution in [0.3, 0.4) is 0 Å². The van der Waals surface area contributed by atoms with Crippen molar-refractivity contribution in [1.29, 1.82) is 0 Å². The zero-order chi connectivity index (χ0) is 14.0. The number of alkyl halides is 6. The lowest BCUT2D eigenvalue weighted by molar-refractivity contribution is -0.253. The monoisotopic (exact) mass is 273 g/mol. The number of benzene rings is 1. The van der Waals surface area contributed by atoms with Crippen LogP contribution in [0.25, 0.3) is 0 Å². The molecule has 0 aliphatic carbocycles. The predicted molar refractivity (Wildman–Crippen MR) is 49.9 cm³/mol. The molecule has 1 rings (SSSR count). The van der Waals surface area contributed by atoms with Crippen molar-refractivity contribution in [2.75, 3.05) is 0 Å². The lowest BCUT2D eigenvalue weighted by Gasteiger charge is -2.23. The highest BCUT2D eigenvalue weighted by Gasteiger charge is 2.57. The third kappa shape index (κ3) is 3.61. The molecule has 0 aliphatic rings. The van der Waals surface area contributed by atoms with Gasteiger partial charge in [-0.2, -0.15) is 26.3 Å². The van der Waals surface area contributed by atoms with Crippen LogP contribution < -0.4 is 5.48 Å². The van der Waals surface area contributed by atoms with Gasteiger partial charge in [-0.3, -0.25) is 0 Å². The number of halogens is 6. The first kappa shape index (κ1) is 14.8. The van der Waals surface area contributed by atoms with Gasteiger partial charge in [-0.05, 0) is 11.1 Å². The van der Waals surface area contributed by atoms with Crippen LogP contribution in [0.4, 0.5) is 26.3 Å². The Kier molecular flexibility index (Phi) is 4.23. The molecule has 0 heterocycles. The summed E-state index contributed by atoms with van der Waals surface area (Å²) in [6.45, 7) is -0.0665. The van der Waals surface area contributed by atoms with Crippen molar-refractivity contribution in [3.63, 3.8) is 0 Å². The fraction of sp³-hybridized carbons (Fsp3) is 0.400. The Bertz CT molecular complexity index is 369. The summed E-state index contributed by atoms with van der Waals surface area (Å²) in [7, 11) is 0. The molecule has 0 fully saturated rings. The normalized spacial score (nSPS) is 13.1. The van der Waals surface area contributed by atoms with E-state index >= 15 is 0 Å². The molecule has 8 heteroatoms.